The topological polar surface area (TPSA) is 59.7 Å². The van der Waals surface area contributed by atoms with Crippen LogP contribution in [0, 0.1) is 5.41 Å². The standard InChI is InChI=1S/C23H26N4O2/c1-2-29-22(28)23(13-17-7-4-3-5-8-17)14-19-9-10-20(23)26(19)16-18-15-25-27-12-6-11-24-21(18)27/h3-8,11-12,15,19-20H,2,9-10,13-14,16H2,1H3/t19-,20+,23+/m0/s1. The third-order valence-corrected chi connectivity index (χ3v) is 6.63. The van der Waals surface area contributed by atoms with Crippen molar-refractivity contribution in [2.75, 3.05) is 6.61 Å². The maximum Gasteiger partial charge on any atom is 0.314 e. The van der Waals surface area contributed by atoms with Gasteiger partial charge in [-0.1, -0.05) is 30.3 Å². The van der Waals surface area contributed by atoms with Crippen molar-refractivity contribution >= 4 is 11.6 Å². The number of rotatable bonds is 6. The summed E-state index contributed by atoms with van der Waals surface area (Å²) in [6, 6.07) is 12.8. The third-order valence-electron chi connectivity index (χ3n) is 6.63. The molecular weight excluding hydrogens is 364 g/mol. The fraction of sp³-hybridized carbons (Fsp3) is 0.435. The molecule has 6 nitrogen and oxygen atoms in total. The maximum atomic E-state index is 13.2. The summed E-state index contributed by atoms with van der Waals surface area (Å²) < 4.78 is 7.43. The minimum Gasteiger partial charge on any atom is -0.466 e. The molecule has 6 heteroatoms. The first-order valence-corrected chi connectivity index (χ1v) is 10.5. The van der Waals surface area contributed by atoms with E-state index in [1.54, 1.807) is 6.20 Å². The molecule has 0 saturated carbocycles. The van der Waals surface area contributed by atoms with E-state index in [4.69, 9.17) is 4.74 Å². The van der Waals surface area contributed by atoms with Crippen LogP contribution < -0.4 is 0 Å². The smallest absolute Gasteiger partial charge is 0.314 e. The fourth-order valence-corrected chi connectivity index (χ4v) is 5.45. The lowest BCUT2D eigenvalue weighted by Gasteiger charge is -2.35. The summed E-state index contributed by atoms with van der Waals surface area (Å²) in [6.45, 7) is 3.08. The molecule has 0 N–H and O–H groups in total. The van der Waals surface area contributed by atoms with Crippen LogP contribution in [-0.2, 0) is 22.5 Å². The first-order chi connectivity index (χ1) is 14.2. The van der Waals surface area contributed by atoms with E-state index in [9.17, 15) is 4.79 Å². The molecule has 0 radical (unpaired) electrons. The Hall–Kier alpha value is -2.73. The highest BCUT2D eigenvalue weighted by Gasteiger charge is 2.60. The Balaban J connectivity index is 1.47. The van der Waals surface area contributed by atoms with Gasteiger partial charge in [-0.2, -0.15) is 5.10 Å². The highest BCUT2D eigenvalue weighted by molar-refractivity contribution is 5.79. The first kappa shape index (κ1) is 18.3. The van der Waals surface area contributed by atoms with Crippen LogP contribution in [0.25, 0.3) is 5.65 Å². The number of ether oxygens (including phenoxy) is 1. The van der Waals surface area contributed by atoms with Crippen LogP contribution in [0.1, 0.15) is 37.3 Å². The molecule has 150 valence electrons. The van der Waals surface area contributed by atoms with Gasteiger partial charge < -0.3 is 4.74 Å². The number of hydrogen-bond acceptors (Lipinski definition) is 5. The number of esters is 1. The van der Waals surface area contributed by atoms with Crippen LogP contribution >= 0.6 is 0 Å². The summed E-state index contributed by atoms with van der Waals surface area (Å²) in [5, 5.41) is 4.44. The predicted molar refractivity (Wildman–Crippen MR) is 109 cm³/mol. The largest absolute Gasteiger partial charge is 0.466 e. The van der Waals surface area contributed by atoms with Gasteiger partial charge in [0, 0.05) is 36.6 Å². The van der Waals surface area contributed by atoms with E-state index >= 15 is 0 Å². The Morgan fingerprint density at radius 1 is 1.24 bits per heavy atom. The van der Waals surface area contributed by atoms with Crippen LogP contribution in [0.2, 0.25) is 0 Å². The number of aromatic nitrogens is 3. The van der Waals surface area contributed by atoms with Crippen molar-refractivity contribution in [3.63, 3.8) is 0 Å². The number of fused-ring (bicyclic) bond motifs is 3. The lowest BCUT2D eigenvalue weighted by molar-refractivity contribution is -0.157. The van der Waals surface area contributed by atoms with Gasteiger partial charge in [0.1, 0.15) is 0 Å². The van der Waals surface area contributed by atoms with Crippen molar-refractivity contribution in [2.45, 2.75) is 51.2 Å². The number of benzene rings is 1. The van der Waals surface area contributed by atoms with E-state index < -0.39 is 5.41 Å². The number of hydrogen-bond donors (Lipinski definition) is 0. The second kappa shape index (κ2) is 7.26. The minimum absolute atomic E-state index is 0.0426. The SMILES string of the molecule is CCOC(=O)[C@]1(Cc2ccccc2)C[C@@H]2CC[C@H]1N2Cc1cnn2cccnc12. The van der Waals surface area contributed by atoms with Crippen LogP contribution in [-0.4, -0.2) is 44.2 Å². The van der Waals surface area contributed by atoms with Crippen molar-refractivity contribution in [1.29, 1.82) is 0 Å². The average molecular weight is 390 g/mol. The first-order valence-electron chi connectivity index (χ1n) is 10.5. The fourth-order valence-electron chi connectivity index (χ4n) is 5.45. The van der Waals surface area contributed by atoms with Gasteiger partial charge in [0.2, 0.25) is 0 Å². The zero-order chi connectivity index (χ0) is 19.8. The molecule has 0 aliphatic carbocycles. The van der Waals surface area contributed by atoms with E-state index in [2.05, 4.69) is 27.1 Å². The molecule has 0 unspecified atom stereocenters. The second-order valence-electron chi connectivity index (χ2n) is 8.22. The van der Waals surface area contributed by atoms with Crippen LogP contribution in [0.3, 0.4) is 0 Å². The molecule has 0 spiro atoms. The van der Waals surface area contributed by atoms with Gasteiger partial charge in [-0.3, -0.25) is 9.69 Å². The third kappa shape index (κ3) is 3.02. The number of carbonyl (C=O) groups excluding carboxylic acids is 1. The van der Waals surface area contributed by atoms with Gasteiger partial charge in [-0.15, -0.1) is 0 Å². The quantitative estimate of drug-likeness (QED) is 0.605. The minimum atomic E-state index is -0.476. The molecule has 3 atom stereocenters. The predicted octanol–water partition coefficient (Wildman–Crippen LogP) is 3.26. The van der Waals surface area contributed by atoms with Gasteiger partial charge in [0.05, 0.1) is 18.2 Å². The van der Waals surface area contributed by atoms with Gasteiger partial charge in [-0.25, -0.2) is 9.50 Å². The molecule has 0 amide bonds. The molecule has 29 heavy (non-hydrogen) atoms. The van der Waals surface area contributed by atoms with E-state index in [0.717, 1.165) is 43.4 Å². The lowest BCUT2D eigenvalue weighted by Crippen LogP contribution is -2.46. The zero-order valence-corrected chi connectivity index (χ0v) is 16.7. The summed E-state index contributed by atoms with van der Waals surface area (Å²) in [7, 11) is 0. The number of nitrogens with zero attached hydrogens (tertiary/aromatic N) is 4. The van der Waals surface area contributed by atoms with E-state index in [1.165, 1.54) is 5.56 Å². The van der Waals surface area contributed by atoms with E-state index in [-0.39, 0.29) is 12.0 Å². The molecule has 3 aromatic rings. The highest BCUT2D eigenvalue weighted by Crippen LogP contribution is 2.52. The Morgan fingerprint density at radius 3 is 2.93 bits per heavy atom. The lowest BCUT2D eigenvalue weighted by atomic mass is 9.70. The normalized spacial score (nSPS) is 26.2. The van der Waals surface area contributed by atoms with Crippen molar-refractivity contribution in [2.24, 2.45) is 5.41 Å². The Labute approximate surface area is 170 Å². The summed E-state index contributed by atoms with van der Waals surface area (Å²) in [6.07, 6.45) is 9.38. The molecule has 2 fully saturated rings. The molecule has 2 saturated heterocycles. The van der Waals surface area contributed by atoms with Gasteiger partial charge in [0.15, 0.2) is 5.65 Å². The van der Waals surface area contributed by atoms with Crippen LogP contribution in [0.4, 0.5) is 0 Å². The highest BCUT2D eigenvalue weighted by atomic mass is 16.5. The van der Waals surface area contributed by atoms with Crippen LogP contribution in [0.5, 0.6) is 0 Å². The molecule has 2 aliphatic rings. The number of carbonyl (C=O) groups is 1. The Kier molecular flexibility index (Phi) is 4.59. The van der Waals surface area contributed by atoms with Crippen molar-refractivity contribution in [3.05, 3.63) is 66.1 Å². The zero-order valence-electron chi connectivity index (χ0n) is 16.7. The molecule has 2 aromatic heterocycles. The van der Waals surface area contributed by atoms with Crippen molar-refractivity contribution < 1.29 is 9.53 Å². The van der Waals surface area contributed by atoms with Crippen molar-refractivity contribution in [1.82, 2.24) is 19.5 Å². The Morgan fingerprint density at radius 2 is 2.10 bits per heavy atom. The summed E-state index contributed by atoms with van der Waals surface area (Å²) in [5.74, 6) is -0.0426. The molecule has 1 aromatic carbocycles. The molecular formula is C23H26N4O2. The Bertz CT molecular complexity index is 1020. The molecule has 2 bridgehead atoms. The molecule has 2 aliphatic heterocycles. The molecule has 4 heterocycles. The van der Waals surface area contributed by atoms with Crippen molar-refractivity contribution in [3.8, 4) is 0 Å². The summed E-state index contributed by atoms with van der Waals surface area (Å²) in [5.41, 5.74) is 2.73. The van der Waals surface area contributed by atoms with Gasteiger partial charge >= 0.3 is 5.97 Å². The van der Waals surface area contributed by atoms with Gasteiger partial charge in [0.25, 0.3) is 0 Å². The average Bonchev–Trinajstić information content (AvgIpc) is 3.42. The maximum absolute atomic E-state index is 13.2. The molecule has 5 rings (SSSR count). The monoisotopic (exact) mass is 390 g/mol. The van der Waals surface area contributed by atoms with Gasteiger partial charge in [-0.05, 0) is 44.2 Å². The van der Waals surface area contributed by atoms with Crippen LogP contribution in [0.15, 0.2) is 55.0 Å². The van der Waals surface area contributed by atoms with E-state index in [1.807, 2.05) is 48.1 Å². The summed E-state index contributed by atoms with van der Waals surface area (Å²) in [4.78, 5) is 20.3. The second-order valence-corrected chi connectivity index (χ2v) is 8.22. The van der Waals surface area contributed by atoms with E-state index in [0.29, 0.717) is 12.6 Å². The summed E-state index contributed by atoms with van der Waals surface area (Å²) >= 11 is 0.